The minimum Gasteiger partial charge on any atom is -0.493 e. The zero-order valence-corrected chi connectivity index (χ0v) is 12.7. The van der Waals surface area contributed by atoms with Gasteiger partial charge in [-0.1, -0.05) is 19.0 Å². The summed E-state index contributed by atoms with van der Waals surface area (Å²) in [7, 11) is 1.60. The number of nitrogens with zero attached hydrogens (tertiary/aromatic N) is 2. The molecule has 0 unspecified atom stereocenters. The van der Waals surface area contributed by atoms with Gasteiger partial charge in [0.25, 0.3) is 0 Å². The molecular weight excluding hydrogens is 256 g/mol. The highest BCUT2D eigenvalue weighted by atomic mass is 16.5. The number of hydrogen-bond donors (Lipinski definition) is 1. The van der Waals surface area contributed by atoms with Gasteiger partial charge in [-0.3, -0.25) is 0 Å². The molecular formula is C15H24N2O3. The van der Waals surface area contributed by atoms with Crippen LogP contribution in [0, 0.1) is 0 Å². The molecule has 0 fully saturated rings. The number of ether oxygens (including phenoxy) is 2. The fraction of sp³-hybridized carbons (Fsp3) is 0.533. The van der Waals surface area contributed by atoms with Gasteiger partial charge < -0.3 is 19.6 Å². The first-order valence-corrected chi connectivity index (χ1v) is 6.88. The lowest BCUT2D eigenvalue weighted by atomic mass is 10.1. The Hall–Kier alpha value is -1.75. The molecule has 5 nitrogen and oxygen atoms in total. The summed E-state index contributed by atoms with van der Waals surface area (Å²) in [6, 6.07) is 5.50. The second-order valence-electron chi connectivity index (χ2n) is 4.43. The molecule has 0 aromatic heterocycles. The normalized spacial score (nSPS) is 11.8. The summed E-state index contributed by atoms with van der Waals surface area (Å²) in [5.74, 6) is 1.35. The molecule has 0 aliphatic heterocycles. The van der Waals surface area contributed by atoms with Crippen molar-refractivity contribution < 1.29 is 14.7 Å². The van der Waals surface area contributed by atoms with E-state index in [9.17, 15) is 0 Å². The van der Waals surface area contributed by atoms with E-state index in [0.29, 0.717) is 23.8 Å². The van der Waals surface area contributed by atoms with Crippen LogP contribution in [0.15, 0.2) is 23.4 Å². The van der Waals surface area contributed by atoms with Crippen LogP contribution in [-0.4, -0.2) is 49.2 Å². The summed E-state index contributed by atoms with van der Waals surface area (Å²) in [4.78, 5) is 2.30. The number of benzene rings is 1. The van der Waals surface area contributed by atoms with Gasteiger partial charge in [0.1, 0.15) is 6.61 Å². The second-order valence-corrected chi connectivity index (χ2v) is 4.43. The Bertz CT molecular complexity index is 443. The van der Waals surface area contributed by atoms with E-state index in [0.717, 1.165) is 25.2 Å². The lowest BCUT2D eigenvalue weighted by Gasteiger charge is -2.18. The lowest BCUT2D eigenvalue weighted by molar-refractivity contribution is 0.217. The molecule has 5 heteroatoms. The van der Waals surface area contributed by atoms with Gasteiger partial charge in [-0.2, -0.15) is 0 Å². The van der Waals surface area contributed by atoms with Crippen molar-refractivity contribution in [3.05, 3.63) is 23.8 Å². The molecule has 0 saturated carbocycles. The summed E-state index contributed by atoms with van der Waals surface area (Å²) in [5, 5.41) is 12.0. The van der Waals surface area contributed by atoms with E-state index in [1.54, 1.807) is 14.0 Å². The molecule has 0 heterocycles. The third kappa shape index (κ3) is 4.42. The highest BCUT2D eigenvalue weighted by Crippen LogP contribution is 2.28. The number of likely N-dealkylation sites (N-methyl/N-ethyl adjacent to an activating group) is 1. The van der Waals surface area contributed by atoms with Crippen molar-refractivity contribution in [1.82, 2.24) is 4.90 Å². The van der Waals surface area contributed by atoms with E-state index in [1.165, 1.54) is 0 Å². The van der Waals surface area contributed by atoms with Crippen LogP contribution in [0.1, 0.15) is 26.3 Å². The molecule has 0 saturated heterocycles. The van der Waals surface area contributed by atoms with Crippen molar-refractivity contribution in [2.75, 3.05) is 33.4 Å². The van der Waals surface area contributed by atoms with Crippen molar-refractivity contribution >= 4 is 5.71 Å². The maximum atomic E-state index is 8.79. The molecule has 0 radical (unpaired) electrons. The summed E-state index contributed by atoms with van der Waals surface area (Å²) >= 11 is 0. The standard InChI is InChI=1S/C15H24N2O3/c1-5-17(6-2)9-10-20-14-8-7-13(12(3)16-18)11-15(14)19-4/h7-8,11,18H,5-6,9-10H2,1-4H3/b16-12+. The Labute approximate surface area is 120 Å². The minimum absolute atomic E-state index is 0.540. The predicted octanol–water partition coefficient (Wildman–Crippen LogP) is 2.61. The van der Waals surface area contributed by atoms with Gasteiger partial charge in [-0.25, -0.2) is 0 Å². The summed E-state index contributed by atoms with van der Waals surface area (Å²) < 4.78 is 11.1. The lowest BCUT2D eigenvalue weighted by Crippen LogP contribution is -2.27. The van der Waals surface area contributed by atoms with Gasteiger partial charge in [0.15, 0.2) is 11.5 Å². The first kappa shape index (κ1) is 16.3. The SMILES string of the molecule is CCN(CC)CCOc1ccc(/C(C)=N/O)cc1OC. The Morgan fingerprint density at radius 1 is 1.25 bits per heavy atom. The Morgan fingerprint density at radius 3 is 2.50 bits per heavy atom. The van der Waals surface area contributed by atoms with E-state index < -0.39 is 0 Å². The smallest absolute Gasteiger partial charge is 0.161 e. The van der Waals surface area contributed by atoms with Crippen LogP contribution >= 0.6 is 0 Å². The van der Waals surface area contributed by atoms with Crippen molar-refractivity contribution in [2.24, 2.45) is 5.16 Å². The molecule has 1 N–H and O–H groups in total. The summed E-state index contributed by atoms with van der Waals surface area (Å²) in [5.41, 5.74) is 1.35. The van der Waals surface area contributed by atoms with Gasteiger partial charge in [0, 0.05) is 12.1 Å². The molecule has 1 aromatic carbocycles. The van der Waals surface area contributed by atoms with Crippen LogP contribution in [0.25, 0.3) is 0 Å². The van der Waals surface area contributed by atoms with E-state index >= 15 is 0 Å². The van der Waals surface area contributed by atoms with Crippen LogP contribution in [-0.2, 0) is 0 Å². The van der Waals surface area contributed by atoms with Crippen molar-refractivity contribution in [3.8, 4) is 11.5 Å². The molecule has 0 spiro atoms. The minimum atomic E-state index is 0.540. The predicted molar refractivity (Wildman–Crippen MR) is 80.3 cm³/mol. The number of oxime groups is 1. The molecule has 112 valence electrons. The summed E-state index contributed by atoms with van der Waals surface area (Å²) in [6.07, 6.45) is 0. The number of rotatable bonds is 8. The Morgan fingerprint density at radius 2 is 1.95 bits per heavy atom. The number of hydrogen-bond acceptors (Lipinski definition) is 5. The van der Waals surface area contributed by atoms with Crippen LogP contribution in [0.4, 0.5) is 0 Å². The Kier molecular flexibility index (Phi) is 6.87. The monoisotopic (exact) mass is 280 g/mol. The quantitative estimate of drug-likeness (QED) is 0.452. The average molecular weight is 280 g/mol. The zero-order valence-electron chi connectivity index (χ0n) is 12.7. The molecule has 1 rings (SSSR count). The Balaban J connectivity index is 2.71. The first-order chi connectivity index (χ1) is 9.65. The van der Waals surface area contributed by atoms with E-state index in [4.69, 9.17) is 14.7 Å². The third-order valence-corrected chi connectivity index (χ3v) is 3.29. The van der Waals surface area contributed by atoms with Crippen LogP contribution < -0.4 is 9.47 Å². The fourth-order valence-corrected chi connectivity index (χ4v) is 1.89. The van der Waals surface area contributed by atoms with Crippen molar-refractivity contribution in [3.63, 3.8) is 0 Å². The first-order valence-electron chi connectivity index (χ1n) is 6.88. The van der Waals surface area contributed by atoms with E-state index in [-0.39, 0.29) is 0 Å². The highest BCUT2D eigenvalue weighted by molar-refractivity contribution is 5.98. The van der Waals surface area contributed by atoms with Gasteiger partial charge in [0.2, 0.25) is 0 Å². The topological polar surface area (TPSA) is 54.3 Å². The third-order valence-electron chi connectivity index (χ3n) is 3.29. The van der Waals surface area contributed by atoms with Crippen molar-refractivity contribution in [2.45, 2.75) is 20.8 Å². The van der Waals surface area contributed by atoms with E-state index in [1.807, 2.05) is 18.2 Å². The second kappa shape index (κ2) is 8.43. The average Bonchev–Trinajstić information content (AvgIpc) is 2.50. The maximum Gasteiger partial charge on any atom is 0.161 e. The molecule has 0 aliphatic carbocycles. The zero-order chi connectivity index (χ0) is 15.0. The molecule has 1 aromatic rings. The summed E-state index contributed by atoms with van der Waals surface area (Å²) in [6.45, 7) is 9.53. The maximum absolute atomic E-state index is 8.79. The molecule has 20 heavy (non-hydrogen) atoms. The van der Waals surface area contributed by atoms with Gasteiger partial charge in [-0.15, -0.1) is 0 Å². The van der Waals surface area contributed by atoms with Gasteiger partial charge in [-0.05, 0) is 38.2 Å². The molecule has 0 bridgehead atoms. The molecule has 0 aliphatic rings. The number of methoxy groups -OCH3 is 1. The molecule has 0 atom stereocenters. The highest BCUT2D eigenvalue weighted by Gasteiger charge is 2.08. The van der Waals surface area contributed by atoms with E-state index in [2.05, 4.69) is 23.9 Å². The van der Waals surface area contributed by atoms with Crippen LogP contribution in [0.5, 0.6) is 11.5 Å². The van der Waals surface area contributed by atoms with Crippen molar-refractivity contribution in [1.29, 1.82) is 0 Å². The van der Waals surface area contributed by atoms with Crippen LogP contribution in [0.3, 0.4) is 0 Å². The van der Waals surface area contributed by atoms with Gasteiger partial charge >= 0.3 is 0 Å². The largest absolute Gasteiger partial charge is 0.493 e. The molecule has 0 amide bonds. The van der Waals surface area contributed by atoms with Crippen LogP contribution in [0.2, 0.25) is 0 Å². The van der Waals surface area contributed by atoms with Gasteiger partial charge in [0.05, 0.1) is 12.8 Å². The fourth-order valence-electron chi connectivity index (χ4n) is 1.89.